The van der Waals surface area contributed by atoms with Crippen molar-refractivity contribution in [3.05, 3.63) is 35.4 Å². The van der Waals surface area contributed by atoms with Crippen LogP contribution in [0.5, 0.6) is 0 Å². The van der Waals surface area contributed by atoms with E-state index in [2.05, 4.69) is 24.3 Å². The SMILES string of the molecule is NC1c2ccccc2C2CCC1CC2. The van der Waals surface area contributed by atoms with Crippen molar-refractivity contribution in [2.45, 2.75) is 37.6 Å². The Balaban J connectivity index is 2.15. The number of nitrogens with two attached hydrogens (primary N) is 1. The second kappa shape index (κ2) is 3.09. The molecule has 0 aliphatic heterocycles. The van der Waals surface area contributed by atoms with E-state index in [4.69, 9.17) is 5.73 Å². The summed E-state index contributed by atoms with van der Waals surface area (Å²) in [5.41, 5.74) is 9.30. The molecule has 0 saturated heterocycles. The summed E-state index contributed by atoms with van der Waals surface area (Å²) in [5, 5.41) is 0. The second-order valence-corrected chi connectivity index (χ2v) is 4.77. The van der Waals surface area contributed by atoms with Gasteiger partial charge in [0.15, 0.2) is 0 Å². The molecular formula is C13H17N. The number of hydrogen-bond acceptors (Lipinski definition) is 1. The summed E-state index contributed by atoms with van der Waals surface area (Å²) in [4.78, 5) is 0. The Morgan fingerprint density at radius 1 is 0.929 bits per heavy atom. The monoisotopic (exact) mass is 187 g/mol. The first kappa shape index (κ1) is 8.49. The topological polar surface area (TPSA) is 26.0 Å². The molecule has 1 aromatic carbocycles. The first-order valence-electron chi connectivity index (χ1n) is 5.70. The first-order chi connectivity index (χ1) is 6.86. The van der Waals surface area contributed by atoms with Crippen LogP contribution in [0.1, 0.15) is 48.8 Å². The summed E-state index contributed by atoms with van der Waals surface area (Å²) in [6.45, 7) is 0. The van der Waals surface area contributed by atoms with Crippen molar-refractivity contribution >= 4 is 0 Å². The summed E-state index contributed by atoms with van der Waals surface area (Å²) in [5.74, 6) is 1.55. The van der Waals surface area contributed by atoms with Crippen LogP contribution in [0.15, 0.2) is 24.3 Å². The smallest absolute Gasteiger partial charge is 0.0326 e. The molecule has 2 bridgehead atoms. The minimum Gasteiger partial charge on any atom is -0.324 e. The van der Waals surface area contributed by atoms with E-state index in [1.165, 1.54) is 31.2 Å². The van der Waals surface area contributed by atoms with Gasteiger partial charge >= 0.3 is 0 Å². The fourth-order valence-electron chi connectivity index (χ4n) is 3.23. The van der Waals surface area contributed by atoms with Crippen molar-refractivity contribution in [3.63, 3.8) is 0 Å². The number of benzene rings is 1. The lowest BCUT2D eigenvalue weighted by Crippen LogP contribution is -2.21. The Labute approximate surface area is 85.3 Å². The molecule has 1 atom stereocenters. The maximum absolute atomic E-state index is 6.33. The molecule has 74 valence electrons. The molecule has 1 heteroatoms. The van der Waals surface area contributed by atoms with Crippen molar-refractivity contribution in [2.24, 2.45) is 11.7 Å². The van der Waals surface area contributed by atoms with Gasteiger partial charge in [-0.15, -0.1) is 0 Å². The van der Waals surface area contributed by atoms with E-state index in [1.54, 1.807) is 5.56 Å². The third-order valence-electron chi connectivity index (χ3n) is 4.07. The van der Waals surface area contributed by atoms with Crippen LogP contribution in [0.2, 0.25) is 0 Å². The molecule has 0 radical (unpaired) electrons. The van der Waals surface area contributed by atoms with Gasteiger partial charge in [0.25, 0.3) is 0 Å². The second-order valence-electron chi connectivity index (χ2n) is 4.77. The van der Waals surface area contributed by atoms with E-state index in [9.17, 15) is 0 Å². The zero-order chi connectivity index (χ0) is 9.54. The average molecular weight is 187 g/mol. The van der Waals surface area contributed by atoms with Gasteiger partial charge < -0.3 is 5.73 Å². The minimum atomic E-state index is 0.304. The average Bonchev–Trinajstić information content (AvgIpc) is 2.48. The van der Waals surface area contributed by atoms with Gasteiger partial charge in [0.2, 0.25) is 0 Å². The van der Waals surface area contributed by atoms with Gasteiger partial charge in [0.1, 0.15) is 0 Å². The van der Waals surface area contributed by atoms with Gasteiger partial charge in [-0.3, -0.25) is 0 Å². The van der Waals surface area contributed by atoms with Crippen molar-refractivity contribution in [1.29, 1.82) is 0 Å². The lowest BCUT2D eigenvalue weighted by Gasteiger charge is -2.25. The van der Waals surface area contributed by atoms with Crippen LogP contribution >= 0.6 is 0 Å². The standard InChI is InChI=1S/C13H17N/c14-13-10-7-5-9(6-8-10)11-3-1-2-4-12(11)13/h1-4,9-10,13H,5-8,14H2. The van der Waals surface area contributed by atoms with Crippen molar-refractivity contribution < 1.29 is 0 Å². The molecular weight excluding hydrogens is 170 g/mol. The highest BCUT2D eigenvalue weighted by atomic mass is 14.7. The fraction of sp³-hybridized carbons (Fsp3) is 0.538. The zero-order valence-corrected chi connectivity index (χ0v) is 8.45. The number of rotatable bonds is 0. The van der Waals surface area contributed by atoms with Crippen LogP contribution in [0.4, 0.5) is 0 Å². The van der Waals surface area contributed by atoms with E-state index < -0.39 is 0 Å². The van der Waals surface area contributed by atoms with Crippen LogP contribution in [0.25, 0.3) is 0 Å². The maximum Gasteiger partial charge on any atom is 0.0326 e. The molecule has 1 fully saturated rings. The van der Waals surface area contributed by atoms with Crippen LogP contribution < -0.4 is 5.73 Å². The molecule has 1 unspecified atom stereocenters. The van der Waals surface area contributed by atoms with E-state index >= 15 is 0 Å². The Morgan fingerprint density at radius 3 is 2.29 bits per heavy atom. The highest BCUT2D eigenvalue weighted by Crippen LogP contribution is 2.46. The normalized spacial score (nSPS) is 35.1. The molecule has 0 amide bonds. The molecule has 2 N–H and O–H groups in total. The third kappa shape index (κ3) is 1.12. The van der Waals surface area contributed by atoms with Gasteiger partial charge in [0, 0.05) is 6.04 Å². The van der Waals surface area contributed by atoms with Crippen LogP contribution in [-0.4, -0.2) is 0 Å². The van der Waals surface area contributed by atoms with Crippen LogP contribution in [0.3, 0.4) is 0 Å². The van der Waals surface area contributed by atoms with E-state index in [0.29, 0.717) is 6.04 Å². The highest BCUT2D eigenvalue weighted by Gasteiger charge is 2.33. The quantitative estimate of drug-likeness (QED) is 0.664. The third-order valence-corrected chi connectivity index (χ3v) is 4.07. The lowest BCUT2D eigenvalue weighted by molar-refractivity contribution is 0.306. The molecule has 1 nitrogen and oxygen atoms in total. The van der Waals surface area contributed by atoms with Crippen molar-refractivity contribution in [2.75, 3.05) is 0 Å². The van der Waals surface area contributed by atoms with Crippen molar-refractivity contribution in [1.82, 2.24) is 0 Å². The Morgan fingerprint density at radius 2 is 1.57 bits per heavy atom. The predicted octanol–water partition coefficient (Wildman–Crippen LogP) is 2.97. The molecule has 3 aliphatic rings. The largest absolute Gasteiger partial charge is 0.324 e. The molecule has 4 rings (SSSR count). The maximum atomic E-state index is 6.33. The van der Waals surface area contributed by atoms with Crippen LogP contribution in [-0.2, 0) is 0 Å². The van der Waals surface area contributed by atoms with Crippen LogP contribution in [0, 0.1) is 5.92 Å². The molecule has 0 aromatic heterocycles. The Bertz CT molecular complexity index is 322. The van der Waals surface area contributed by atoms with Gasteiger partial charge in [-0.2, -0.15) is 0 Å². The summed E-state index contributed by atoms with van der Waals surface area (Å²) in [6.07, 6.45) is 5.38. The minimum absolute atomic E-state index is 0.304. The summed E-state index contributed by atoms with van der Waals surface area (Å²) < 4.78 is 0. The summed E-state index contributed by atoms with van der Waals surface area (Å²) in [7, 11) is 0. The molecule has 1 saturated carbocycles. The zero-order valence-electron chi connectivity index (χ0n) is 8.45. The van der Waals surface area contributed by atoms with E-state index in [1.807, 2.05) is 0 Å². The molecule has 3 aliphatic carbocycles. The number of fused-ring (bicyclic) bond motifs is 2. The fourth-order valence-corrected chi connectivity index (χ4v) is 3.23. The molecule has 14 heavy (non-hydrogen) atoms. The Hall–Kier alpha value is -0.820. The van der Waals surface area contributed by atoms with Gasteiger partial charge in [-0.05, 0) is 48.6 Å². The van der Waals surface area contributed by atoms with E-state index in [-0.39, 0.29) is 0 Å². The first-order valence-corrected chi connectivity index (χ1v) is 5.70. The summed E-state index contributed by atoms with van der Waals surface area (Å²) in [6, 6.07) is 9.11. The lowest BCUT2D eigenvalue weighted by atomic mass is 9.81. The predicted molar refractivity (Wildman–Crippen MR) is 58.1 cm³/mol. The summed E-state index contributed by atoms with van der Waals surface area (Å²) >= 11 is 0. The van der Waals surface area contributed by atoms with Gasteiger partial charge in [-0.1, -0.05) is 24.3 Å². The van der Waals surface area contributed by atoms with E-state index in [0.717, 1.165) is 11.8 Å². The Kier molecular flexibility index (Phi) is 1.88. The molecule has 0 heterocycles. The van der Waals surface area contributed by atoms with Crippen molar-refractivity contribution in [3.8, 4) is 0 Å². The molecule has 1 aromatic rings. The van der Waals surface area contributed by atoms with Gasteiger partial charge in [-0.25, -0.2) is 0 Å². The van der Waals surface area contributed by atoms with Gasteiger partial charge in [0.05, 0.1) is 0 Å². The number of hydrogen-bond donors (Lipinski definition) is 1. The molecule has 0 spiro atoms. The highest BCUT2D eigenvalue weighted by molar-refractivity contribution is 5.35.